The number of hydrogen-bond donors (Lipinski definition) is 1. The molecule has 3 rings (SSSR count). The van der Waals surface area contributed by atoms with E-state index in [0.29, 0.717) is 22.7 Å². The highest BCUT2D eigenvalue weighted by atomic mass is 16.5. The molecule has 0 saturated carbocycles. The quantitative estimate of drug-likeness (QED) is 0.762. The van der Waals surface area contributed by atoms with E-state index in [4.69, 9.17) is 14.3 Å². The van der Waals surface area contributed by atoms with Crippen LogP contribution in [0.5, 0.6) is 5.75 Å². The topological polar surface area (TPSA) is 89.6 Å². The lowest BCUT2D eigenvalue weighted by atomic mass is 10.1. The molecule has 128 valence electrons. The van der Waals surface area contributed by atoms with Crippen molar-refractivity contribution in [3.63, 3.8) is 0 Å². The summed E-state index contributed by atoms with van der Waals surface area (Å²) in [6.07, 6.45) is 4.03. The number of aromatic carboxylic acids is 1. The Balaban J connectivity index is 2.13. The Morgan fingerprint density at radius 3 is 2.84 bits per heavy atom. The van der Waals surface area contributed by atoms with Gasteiger partial charge in [-0.2, -0.15) is 0 Å². The van der Waals surface area contributed by atoms with Crippen molar-refractivity contribution < 1.29 is 19.1 Å². The third-order valence-corrected chi connectivity index (χ3v) is 3.92. The molecule has 6 nitrogen and oxygen atoms in total. The summed E-state index contributed by atoms with van der Waals surface area (Å²) in [5, 5.41) is 9.27. The number of benzene rings is 1. The summed E-state index contributed by atoms with van der Waals surface area (Å²) >= 11 is 0. The van der Waals surface area contributed by atoms with Crippen LogP contribution in [0.2, 0.25) is 0 Å². The molecule has 0 spiro atoms. The van der Waals surface area contributed by atoms with Crippen LogP contribution in [0.25, 0.3) is 22.3 Å². The van der Waals surface area contributed by atoms with Crippen molar-refractivity contribution in [2.45, 2.75) is 26.4 Å². The number of ether oxygens (including phenoxy) is 1. The molecule has 6 heteroatoms. The Hall–Kier alpha value is -3.15. The van der Waals surface area contributed by atoms with Crippen LogP contribution in [0, 0.1) is 0 Å². The van der Waals surface area contributed by atoms with Crippen LogP contribution in [0.15, 0.2) is 51.9 Å². The molecular weight excluding hydrogens is 322 g/mol. The van der Waals surface area contributed by atoms with Crippen molar-refractivity contribution in [3.8, 4) is 17.1 Å². The minimum atomic E-state index is -1.10. The van der Waals surface area contributed by atoms with Gasteiger partial charge in [0.2, 0.25) is 0 Å². The van der Waals surface area contributed by atoms with Crippen LogP contribution in [0.3, 0.4) is 0 Å². The molecule has 0 aliphatic carbocycles. The molecule has 2 aromatic heterocycles. The average molecular weight is 339 g/mol. The van der Waals surface area contributed by atoms with E-state index in [1.54, 1.807) is 18.5 Å². The molecule has 0 amide bonds. The summed E-state index contributed by atoms with van der Waals surface area (Å²) in [5.41, 5.74) is 0.599. The van der Waals surface area contributed by atoms with Crippen molar-refractivity contribution >= 4 is 16.9 Å². The number of carboxylic acid groups (broad SMARTS) is 1. The SMILES string of the molecule is CCC(C)Oc1ccncc1-c1cc(=O)c2cc(C(=O)O)ccc2o1. The van der Waals surface area contributed by atoms with Crippen molar-refractivity contribution in [1.29, 1.82) is 0 Å². The largest absolute Gasteiger partial charge is 0.490 e. The van der Waals surface area contributed by atoms with E-state index in [1.165, 1.54) is 24.3 Å². The van der Waals surface area contributed by atoms with Crippen molar-refractivity contribution in [3.05, 3.63) is 58.5 Å². The van der Waals surface area contributed by atoms with Crippen LogP contribution in [0.1, 0.15) is 30.6 Å². The molecule has 2 heterocycles. The maximum absolute atomic E-state index is 12.4. The van der Waals surface area contributed by atoms with Gasteiger partial charge in [-0.05, 0) is 37.6 Å². The van der Waals surface area contributed by atoms with Gasteiger partial charge in [-0.1, -0.05) is 6.92 Å². The Kier molecular flexibility index (Phi) is 4.52. The highest BCUT2D eigenvalue weighted by Crippen LogP contribution is 2.31. The third-order valence-electron chi connectivity index (χ3n) is 3.92. The Bertz CT molecular complexity index is 993. The van der Waals surface area contributed by atoms with Gasteiger partial charge in [0.15, 0.2) is 5.43 Å². The molecule has 0 saturated heterocycles. The van der Waals surface area contributed by atoms with Gasteiger partial charge in [-0.15, -0.1) is 0 Å². The number of pyridine rings is 1. The number of hydrogen-bond acceptors (Lipinski definition) is 5. The molecule has 0 fully saturated rings. The Labute approximate surface area is 143 Å². The van der Waals surface area contributed by atoms with E-state index in [1.807, 2.05) is 13.8 Å². The average Bonchev–Trinajstić information content (AvgIpc) is 2.61. The van der Waals surface area contributed by atoms with Gasteiger partial charge in [-0.3, -0.25) is 9.78 Å². The molecule has 1 N–H and O–H groups in total. The zero-order valence-corrected chi connectivity index (χ0v) is 13.9. The molecule has 1 atom stereocenters. The summed E-state index contributed by atoms with van der Waals surface area (Å²) in [7, 11) is 0. The van der Waals surface area contributed by atoms with E-state index in [9.17, 15) is 9.59 Å². The van der Waals surface area contributed by atoms with E-state index < -0.39 is 5.97 Å². The van der Waals surface area contributed by atoms with Gasteiger partial charge in [0, 0.05) is 18.5 Å². The second-order valence-electron chi connectivity index (χ2n) is 5.70. The van der Waals surface area contributed by atoms with Crippen molar-refractivity contribution in [2.24, 2.45) is 0 Å². The molecule has 0 aliphatic rings. The van der Waals surface area contributed by atoms with E-state index in [2.05, 4.69) is 4.98 Å². The first kappa shape index (κ1) is 16.7. The number of aromatic nitrogens is 1. The predicted molar refractivity (Wildman–Crippen MR) is 93.1 cm³/mol. The smallest absolute Gasteiger partial charge is 0.335 e. The summed E-state index contributed by atoms with van der Waals surface area (Å²) in [4.78, 5) is 27.6. The molecular formula is C19H17NO5. The Morgan fingerprint density at radius 1 is 1.32 bits per heavy atom. The van der Waals surface area contributed by atoms with Gasteiger partial charge in [0.1, 0.15) is 17.1 Å². The maximum atomic E-state index is 12.4. The van der Waals surface area contributed by atoms with Gasteiger partial charge in [-0.25, -0.2) is 4.79 Å². The van der Waals surface area contributed by atoms with Gasteiger partial charge >= 0.3 is 5.97 Å². The van der Waals surface area contributed by atoms with Crippen molar-refractivity contribution in [1.82, 2.24) is 4.98 Å². The van der Waals surface area contributed by atoms with E-state index in [0.717, 1.165) is 6.42 Å². The monoisotopic (exact) mass is 339 g/mol. The fourth-order valence-corrected chi connectivity index (χ4v) is 2.39. The zero-order chi connectivity index (χ0) is 18.0. The van der Waals surface area contributed by atoms with E-state index in [-0.39, 0.29) is 22.5 Å². The maximum Gasteiger partial charge on any atom is 0.335 e. The lowest BCUT2D eigenvalue weighted by Crippen LogP contribution is -2.11. The normalized spacial score (nSPS) is 12.1. The van der Waals surface area contributed by atoms with Crippen molar-refractivity contribution in [2.75, 3.05) is 0 Å². The first-order valence-electron chi connectivity index (χ1n) is 7.92. The van der Waals surface area contributed by atoms with Gasteiger partial charge in [0.05, 0.1) is 22.6 Å². The second-order valence-corrected chi connectivity index (χ2v) is 5.70. The van der Waals surface area contributed by atoms with Crippen LogP contribution in [-0.4, -0.2) is 22.2 Å². The number of carbonyl (C=O) groups is 1. The van der Waals surface area contributed by atoms with Crippen LogP contribution < -0.4 is 10.2 Å². The number of fused-ring (bicyclic) bond motifs is 1. The van der Waals surface area contributed by atoms with Crippen LogP contribution in [0.4, 0.5) is 0 Å². The first-order valence-corrected chi connectivity index (χ1v) is 7.92. The minimum absolute atomic E-state index is 0.00598. The fourth-order valence-electron chi connectivity index (χ4n) is 2.39. The minimum Gasteiger partial charge on any atom is -0.490 e. The molecule has 0 radical (unpaired) electrons. The summed E-state index contributed by atoms with van der Waals surface area (Å²) in [5.74, 6) is -0.192. The summed E-state index contributed by atoms with van der Waals surface area (Å²) in [6.45, 7) is 3.97. The number of rotatable bonds is 5. The molecule has 25 heavy (non-hydrogen) atoms. The predicted octanol–water partition coefficient (Wildman–Crippen LogP) is 3.73. The standard InChI is InChI=1S/C19H17NO5/c1-3-11(2)24-17-6-7-20-10-14(17)18-9-15(21)13-8-12(19(22)23)4-5-16(13)25-18/h4-11H,3H2,1-2H3,(H,22,23). The van der Waals surface area contributed by atoms with E-state index >= 15 is 0 Å². The van der Waals surface area contributed by atoms with Crippen LogP contribution >= 0.6 is 0 Å². The molecule has 1 unspecified atom stereocenters. The van der Waals surface area contributed by atoms with Gasteiger partial charge < -0.3 is 14.3 Å². The lowest BCUT2D eigenvalue weighted by Gasteiger charge is -2.15. The fraction of sp³-hybridized carbons (Fsp3) is 0.211. The highest BCUT2D eigenvalue weighted by molar-refractivity contribution is 5.93. The molecule has 3 aromatic rings. The molecule has 1 aromatic carbocycles. The summed E-state index contributed by atoms with van der Waals surface area (Å²) in [6, 6.07) is 7.24. The molecule has 0 aliphatic heterocycles. The zero-order valence-electron chi connectivity index (χ0n) is 13.9. The summed E-state index contributed by atoms with van der Waals surface area (Å²) < 4.78 is 11.7. The van der Waals surface area contributed by atoms with Gasteiger partial charge in [0.25, 0.3) is 0 Å². The number of carboxylic acids is 1. The highest BCUT2D eigenvalue weighted by Gasteiger charge is 2.15. The molecule has 0 bridgehead atoms. The lowest BCUT2D eigenvalue weighted by molar-refractivity contribution is 0.0697. The third kappa shape index (κ3) is 3.38. The van der Waals surface area contributed by atoms with Crippen LogP contribution in [-0.2, 0) is 0 Å². The first-order chi connectivity index (χ1) is 12.0. The number of nitrogens with zero attached hydrogens (tertiary/aromatic N) is 1. The second kappa shape index (κ2) is 6.76. The Morgan fingerprint density at radius 2 is 2.12 bits per heavy atom.